The Balaban J connectivity index is 1.60. The molecule has 2 saturated heterocycles. The molecule has 1 aromatic carbocycles. The highest BCUT2D eigenvalue weighted by atomic mass is 79.9. The normalized spacial score (nSPS) is 19.2. The number of pyridine rings is 1. The molecule has 2 amide bonds. The van der Waals surface area contributed by atoms with Crippen molar-refractivity contribution >= 4 is 44.8 Å². The first kappa shape index (κ1) is 25.7. The van der Waals surface area contributed by atoms with Gasteiger partial charge in [-0.05, 0) is 25.0 Å². The van der Waals surface area contributed by atoms with Crippen LogP contribution in [-0.4, -0.2) is 76.7 Å². The third-order valence-corrected chi connectivity index (χ3v) is 6.76. The van der Waals surface area contributed by atoms with E-state index < -0.39 is 35.8 Å². The molecule has 2 aliphatic heterocycles. The summed E-state index contributed by atoms with van der Waals surface area (Å²) in [7, 11) is 1.72. The van der Waals surface area contributed by atoms with Crippen molar-refractivity contribution in [3.63, 3.8) is 0 Å². The van der Waals surface area contributed by atoms with Crippen LogP contribution in [-0.2, 0) is 0 Å². The van der Waals surface area contributed by atoms with Gasteiger partial charge in [0.2, 0.25) is 0 Å². The van der Waals surface area contributed by atoms with E-state index in [1.807, 2.05) is 0 Å². The Kier molecular flexibility index (Phi) is 7.38. The fraction of sp³-hybridized carbons (Fsp3) is 0.435. The number of amides is 2. The van der Waals surface area contributed by atoms with Crippen molar-refractivity contribution in [2.45, 2.75) is 31.2 Å². The Hall–Kier alpha value is -3.35. The number of anilines is 2. The van der Waals surface area contributed by atoms with Gasteiger partial charge in [-0.2, -0.15) is 0 Å². The summed E-state index contributed by atoms with van der Waals surface area (Å²) in [6.07, 6.45) is 3.85. The number of carbonyl (C=O) groups excluding carboxylic acids is 2. The molecule has 2 fully saturated rings. The van der Waals surface area contributed by atoms with Gasteiger partial charge in [-0.15, -0.1) is 0 Å². The van der Waals surface area contributed by atoms with Gasteiger partial charge in [0.15, 0.2) is 0 Å². The van der Waals surface area contributed by atoms with Crippen LogP contribution >= 0.6 is 15.9 Å². The highest BCUT2D eigenvalue weighted by molar-refractivity contribution is 9.10. The second kappa shape index (κ2) is 10.3. The van der Waals surface area contributed by atoms with Gasteiger partial charge in [0.1, 0.15) is 5.69 Å². The largest absolute Gasteiger partial charge is 0.387 e. The first-order valence-corrected chi connectivity index (χ1v) is 12.2. The Morgan fingerprint density at radius 3 is 2.64 bits per heavy atom. The van der Waals surface area contributed by atoms with E-state index in [9.17, 15) is 28.5 Å². The lowest BCUT2D eigenvalue weighted by Gasteiger charge is -2.34. The van der Waals surface area contributed by atoms with Crippen molar-refractivity contribution in [1.82, 2.24) is 14.8 Å². The maximum absolute atomic E-state index is 13.8. The predicted octanol–water partition coefficient (Wildman–Crippen LogP) is 3.99. The zero-order valence-corrected chi connectivity index (χ0v) is 21.1. The zero-order valence-electron chi connectivity index (χ0n) is 19.5. The first-order valence-electron chi connectivity index (χ1n) is 11.4. The van der Waals surface area contributed by atoms with Gasteiger partial charge < -0.3 is 20.4 Å². The lowest BCUT2D eigenvalue weighted by atomic mass is 10.0. The monoisotopic (exact) mass is 566 g/mol. The number of benzene rings is 1. The molecule has 1 unspecified atom stereocenters. The molecule has 10 nitrogen and oxygen atoms in total. The number of hydrogen-bond acceptors (Lipinski definition) is 7. The number of rotatable bonds is 6. The average Bonchev–Trinajstić information content (AvgIpc) is 3.23. The van der Waals surface area contributed by atoms with Crippen LogP contribution in [0.1, 0.15) is 40.0 Å². The van der Waals surface area contributed by atoms with Gasteiger partial charge in [0.25, 0.3) is 23.4 Å². The fourth-order valence-corrected chi connectivity index (χ4v) is 4.94. The molecule has 4 rings (SSSR count). The second-order valence-electron chi connectivity index (χ2n) is 8.88. The maximum Gasteiger partial charge on any atom is 0.294 e. The number of alkyl halides is 2. The number of aromatic nitrogens is 1. The minimum atomic E-state index is -3.00. The van der Waals surface area contributed by atoms with Crippen molar-refractivity contribution in [3.8, 4) is 0 Å². The third kappa shape index (κ3) is 5.55. The third-order valence-electron chi connectivity index (χ3n) is 6.30. The highest BCUT2D eigenvalue weighted by Crippen LogP contribution is 2.36. The average molecular weight is 567 g/mol. The first-order chi connectivity index (χ1) is 17.1. The summed E-state index contributed by atoms with van der Waals surface area (Å²) in [5.74, 6) is -3.94. The van der Waals surface area contributed by atoms with Crippen molar-refractivity contribution in [1.29, 1.82) is 0 Å². The van der Waals surface area contributed by atoms with E-state index in [1.165, 1.54) is 18.3 Å². The number of nitrogens with one attached hydrogen (secondary N) is 2. The molecule has 2 aliphatic rings. The lowest BCUT2D eigenvalue weighted by molar-refractivity contribution is -0.384. The van der Waals surface area contributed by atoms with Gasteiger partial charge in [-0.1, -0.05) is 15.9 Å². The van der Waals surface area contributed by atoms with E-state index >= 15 is 0 Å². The van der Waals surface area contributed by atoms with Gasteiger partial charge in [0.05, 0.1) is 28.3 Å². The molecule has 0 bridgehead atoms. The lowest BCUT2D eigenvalue weighted by Crippen LogP contribution is -2.45. The van der Waals surface area contributed by atoms with Crippen molar-refractivity contribution in [3.05, 3.63) is 56.3 Å². The van der Waals surface area contributed by atoms with Crippen molar-refractivity contribution in [2.24, 2.45) is 0 Å². The SMILES string of the molecule is CNc1cncc(C(=O)N2CCCC(Nc3c(C(=O)N4CCC(F)(F)C4)cc(Br)cc3[N+](=O)[O-])C2)c1. The van der Waals surface area contributed by atoms with E-state index in [4.69, 9.17) is 0 Å². The summed E-state index contributed by atoms with van der Waals surface area (Å²) in [6.45, 7) is -0.142. The summed E-state index contributed by atoms with van der Waals surface area (Å²) in [6, 6.07) is 3.95. The Labute approximate surface area is 214 Å². The predicted molar refractivity (Wildman–Crippen MR) is 133 cm³/mol. The van der Waals surface area contributed by atoms with Crippen LogP contribution in [0.5, 0.6) is 0 Å². The molecule has 1 atom stereocenters. The molecule has 0 saturated carbocycles. The van der Waals surface area contributed by atoms with E-state index in [0.29, 0.717) is 30.6 Å². The topological polar surface area (TPSA) is 121 Å². The molecule has 3 heterocycles. The van der Waals surface area contributed by atoms with Crippen LogP contribution in [0.4, 0.5) is 25.8 Å². The fourth-order valence-electron chi connectivity index (χ4n) is 4.50. The highest BCUT2D eigenvalue weighted by Gasteiger charge is 2.41. The molecule has 0 radical (unpaired) electrons. The number of halogens is 3. The van der Waals surface area contributed by atoms with Crippen molar-refractivity contribution in [2.75, 3.05) is 43.9 Å². The summed E-state index contributed by atoms with van der Waals surface area (Å²) in [5, 5.41) is 17.9. The molecule has 13 heteroatoms. The number of nitrogens with zero attached hydrogens (tertiary/aromatic N) is 4. The van der Waals surface area contributed by atoms with Crippen LogP contribution in [0, 0.1) is 10.1 Å². The smallest absolute Gasteiger partial charge is 0.294 e. The molecule has 0 aliphatic carbocycles. The van der Waals surface area contributed by atoms with Crippen LogP contribution in [0.2, 0.25) is 0 Å². The summed E-state index contributed by atoms with van der Waals surface area (Å²) in [5.41, 5.74) is 0.634. The Morgan fingerprint density at radius 1 is 1.19 bits per heavy atom. The van der Waals surface area contributed by atoms with Crippen LogP contribution in [0.15, 0.2) is 35.1 Å². The van der Waals surface area contributed by atoms with E-state index in [-0.39, 0.29) is 40.4 Å². The second-order valence-corrected chi connectivity index (χ2v) is 9.80. The van der Waals surface area contributed by atoms with E-state index in [0.717, 1.165) is 4.90 Å². The van der Waals surface area contributed by atoms with Gasteiger partial charge in [-0.3, -0.25) is 24.7 Å². The zero-order chi connectivity index (χ0) is 26.0. The minimum Gasteiger partial charge on any atom is -0.387 e. The summed E-state index contributed by atoms with van der Waals surface area (Å²) in [4.78, 5) is 44.2. The standard InChI is InChI=1S/C23H25BrF2N6O4/c1-27-17-7-14(10-28-11-17)21(33)30-5-2-3-16(12-30)29-20-18(8-15(24)9-19(20)32(35)36)22(34)31-6-4-23(25,26)13-31/h7-11,16,27,29H,2-6,12-13H2,1H3. The molecule has 2 N–H and O–H groups in total. The van der Waals surface area contributed by atoms with Crippen molar-refractivity contribution < 1.29 is 23.3 Å². The molecule has 0 spiro atoms. The summed E-state index contributed by atoms with van der Waals surface area (Å²) < 4.78 is 27.8. The molecule has 1 aromatic heterocycles. The molecule has 36 heavy (non-hydrogen) atoms. The van der Waals surface area contributed by atoms with Crippen LogP contribution in [0.3, 0.4) is 0 Å². The molecular formula is C23H25BrF2N6O4. The maximum atomic E-state index is 13.8. The number of likely N-dealkylation sites (tertiary alicyclic amines) is 2. The quantitative estimate of drug-likeness (QED) is 0.400. The van der Waals surface area contributed by atoms with Crippen LogP contribution < -0.4 is 10.6 Å². The molecule has 192 valence electrons. The Bertz CT molecular complexity index is 1200. The molecule has 2 aromatic rings. The Morgan fingerprint density at radius 2 is 1.97 bits per heavy atom. The van der Waals surface area contributed by atoms with Gasteiger partial charge >= 0.3 is 0 Å². The van der Waals surface area contributed by atoms with E-state index in [1.54, 1.807) is 24.2 Å². The van der Waals surface area contributed by atoms with Crippen LogP contribution in [0.25, 0.3) is 0 Å². The van der Waals surface area contributed by atoms with E-state index in [2.05, 4.69) is 31.5 Å². The minimum absolute atomic E-state index is 0.0402. The number of carbonyl (C=O) groups is 2. The number of piperidine rings is 1. The van der Waals surface area contributed by atoms with Gasteiger partial charge in [0, 0.05) is 62.1 Å². The summed E-state index contributed by atoms with van der Waals surface area (Å²) >= 11 is 3.19. The number of nitro benzene ring substituents is 1. The molecular weight excluding hydrogens is 542 g/mol. The number of nitro groups is 1. The number of hydrogen-bond donors (Lipinski definition) is 2. The van der Waals surface area contributed by atoms with Gasteiger partial charge in [-0.25, -0.2) is 8.78 Å².